The van der Waals surface area contributed by atoms with Crippen molar-refractivity contribution >= 4 is 34.8 Å². The predicted octanol–water partition coefficient (Wildman–Crippen LogP) is 5.02. The fourth-order valence-corrected chi connectivity index (χ4v) is 3.24. The van der Waals surface area contributed by atoms with Crippen LogP contribution in [0.15, 0.2) is 65.6 Å². The van der Waals surface area contributed by atoms with Gasteiger partial charge in [0.15, 0.2) is 0 Å². The minimum atomic E-state index is -0.271. The van der Waals surface area contributed by atoms with E-state index < -0.39 is 0 Å². The first-order chi connectivity index (χ1) is 13.0. The maximum atomic E-state index is 12.6. The molecule has 6 heteroatoms. The van der Waals surface area contributed by atoms with E-state index in [1.807, 2.05) is 31.2 Å². The van der Waals surface area contributed by atoms with Gasteiger partial charge in [-0.25, -0.2) is 0 Å². The third-order valence-corrected chi connectivity index (χ3v) is 4.83. The molecule has 1 aromatic heterocycles. The Morgan fingerprint density at radius 3 is 2.56 bits per heavy atom. The summed E-state index contributed by atoms with van der Waals surface area (Å²) in [5.74, 6) is -0.271. The van der Waals surface area contributed by atoms with E-state index in [1.54, 1.807) is 18.2 Å². The summed E-state index contributed by atoms with van der Waals surface area (Å²) in [6, 6.07) is 15.6. The van der Waals surface area contributed by atoms with Crippen LogP contribution in [-0.4, -0.2) is 10.5 Å². The molecule has 1 N–H and O–H groups in total. The van der Waals surface area contributed by atoms with Crippen molar-refractivity contribution in [2.24, 2.45) is 0 Å². The number of anilines is 1. The maximum Gasteiger partial charge on any atom is 0.257 e. The monoisotopic (exact) mass is 400 g/mol. The zero-order chi connectivity index (χ0) is 19.4. The lowest BCUT2D eigenvalue weighted by atomic mass is 10.1. The first kappa shape index (κ1) is 19.2. The summed E-state index contributed by atoms with van der Waals surface area (Å²) in [5.41, 5.74) is 2.74. The molecule has 4 nitrogen and oxygen atoms in total. The van der Waals surface area contributed by atoms with Crippen LogP contribution in [-0.2, 0) is 13.0 Å². The number of carbonyl (C=O) groups excluding carboxylic acids is 1. The lowest BCUT2D eigenvalue weighted by molar-refractivity contribution is 0.102. The van der Waals surface area contributed by atoms with E-state index in [1.165, 1.54) is 22.9 Å². The number of nitrogens with one attached hydrogen (secondary N) is 1. The van der Waals surface area contributed by atoms with E-state index in [2.05, 4.69) is 5.32 Å². The number of carbonyl (C=O) groups is 1. The van der Waals surface area contributed by atoms with Crippen LogP contribution in [0.3, 0.4) is 0 Å². The van der Waals surface area contributed by atoms with Crippen molar-refractivity contribution in [2.75, 3.05) is 5.32 Å². The molecule has 0 aliphatic heterocycles. The van der Waals surface area contributed by atoms with Gasteiger partial charge in [0.2, 0.25) is 0 Å². The maximum absolute atomic E-state index is 12.6. The smallest absolute Gasteiger partial charge is 0.257 e. The highest BCUT2D eigenvalue weighted by Gasteiger charge is 2.11. The van der Waals surface area contributed by atoms with Gasteiger partial charge in [-0.15, -0.1) is 0 Å². The number of pyridine rings is 1. The van der Waals surface area contributed by atoms with Crippen LogP contribution < -0.4 is 10.9 Å². The molecule has 1 amide bonds. The van der Waals surface area contributed by atoms with Crippen molar-refractivity contribution in [3.63, 3.8) is 0 Å². The number of halogens is 2. The molecule has 0 atom stereocenters. The topological polar surface area (TPSA) is 51.1 Å². The Morgan fingerprint density at radius 1 is 1.04 bits per heavy atom. The summed E-state index contributed by atoms with van der Waals surface area (Å²) in [6.07, 6.45) is 2.35. The van der Waals surface area contributed by atoms with Crippen molar-refractivity contribution in [2.45, 2.75) is 19.9 Å². The Bertz CT molecular complexity index is 1040. The molecule has 3 rings (SSSR count). The van der Waals surface area contributed by atoms with Crippen LogP contribution in [0.4, 0.5) is 5.69 Å². The lowest BCUT2D eigenvalue weighted by Crippen LogP contribution is -2.23. The third-order valence-electron chi connectivity index (χ3n) is 4.25. The molecule has 0 fully saturated rings. The molecule has 0 spiro atoms. The third kappa shape index (κ3) is 4.59. The van der Waals surface area contributed by atoms with E-state index in [0.29, 0.717) is 15.6 Å². The standard InChI is InChI=1S/C21H18Cl2N2O2/c1-2-14-5-3-4-6-19(14)24-21(27)16-8-10-20(26)25(13-16)12-15-7-9-17(22)11-18(15)23/h3-11,13H,2,12H2,1H3,(H,24,27). The molecule has 3 aromatic rings. The van der Waals surface area contributed by atoms with Gasteiger partial charge in [-0.3, -0.25) is 9.59 Å². The van der Waals surface area contributed by atoms with Gasteiger partial charge in [-0.1, -0.05) is 54.4 Å². The Hall–Kier alpha value is -2.56. The average molecular weight is 401 g/mol. The largest absolute Gasteiger partial charge is 0.322 e. The van der Waals surface area contributed by atoms with Crippen LogP contribution in [0.5, 0.6) is 0 Å². The molecule has 2 aromatic carbocycles. The first-order valence-electron chi connectivity index (χ1n) is 8.51. The molecule has 0 saturated carbocycles. The van der Waals surface area contributed by atoms with Gasteiger partial charge >= 0.3 is 0 Å². The van der Waals surface area contributed by atoms with Gasteiger partial charge in [0.25, 0.3) is 11.5 Å². The predicted molar refractivity (Wildman–Crippen MR) is 110 cm³/mol. The number of hydrogen-bond acceptors (Lipinski definition) is 2. The molecule has 0 bridgehead atoms. The van der Waals surface area contributed by atoms with E-state index in [-0.39, 0.29) is 18.0 Å². The van der Waals surface area contributed by atoms with Gasteiger partial charge in [-0.2, -0.15) is 0 Å². The van der Waals surface area contributed by atoms with E-state index in [4.69, 9.17) is 23.2 Å². The minimum Gasteiger partial charge on any atom is -0.322 e. The highest BCUT2D eigenvalue weighted by atomic mass is 35.5. The number of aryl methyl sites for hydroxylation is 1. The fourth-order valence-electron chi connectivity index (χ4n) is 2.77. The zero-order valence-corrected chi connectivity index (χ0v) is 16.2. The molecular weight excluding hydrogens is 383 g/mol. The van der Waals surface area contributed by atoms with Crippen molar-refractivity contribution in [3.8, 4) is 0 Å². The summed E-state index contributed by atoms with van der Waals surface area (Å²) >= 11 is 12.1. The van der Waals surface area contributed by atoms with Crippen molar-refractivity contribution < 1.29 is 4.79 Å². The van der Waals surface area contributed by atoms with E-state index in [9.17, 15) is 9.59 Å². The molecule has 27 heavy (non-hydrogen) atoms. The minimum absolute atomic E-state index is 0.216. The van der Waals surface area contributed by atoms with Crippen LogP contribution in [0.1, 0.15) is 28.4 Å². The molecule has 0 saturated heterocycles. The molecular formula is C21H18Cl2N2O2. The highest BCUT2D eigenvalue weighted by molar-refractivity contribution is 6.35. The molecule has 0 unspecified atom stereocenters. The second kappa shape index (κ2) is 8.42. The summed E-state index contributed by atoms with van der Waals surface area (Å²) in [6.45, 7) is 2.28. The SMILES string of the molecule is CCc1ccccc1NC(=O)c1ccc(=O)n(Cc2ccc(Cl)cc2Cl)c1. The van der Waals surface area contributed by atoms with Crippen LogP contribution >= 0.6 is 23.2 Å². The Morgan fingerprint density at radius 2 is 1.81 bits per heavy atom. The number of aromatic nitrogens is 1. The van der Waals surface area contributed by atoms with Crippen molar-refractivity contribution in [3.05, 3.63) is 97.9 Å². The van der Waals surface area contributed by atoms with Gasteiger partial charge in [0, 0.05) is 28.0 Å². The number of hydrogen-bond donors (Lipinski definition) is 1. The number of para-hydroxylation sites is 1. The zero-order valence-electron chi connectivity index (χ0n) is 14.7. The van der Waals surface area contributed by atoms with Crippen LogP contribution in [0.25, 0.3) is 0 Å². The summed E-state index contributed by atoms with van der Waals surface area (Å²) in [7, 11) is 0. The number of nitrogens with zero attached hydrogens (tertiary/aromatic N) is 1. The van der Waals surface area contributed by atoms with Crippen molar-refractivity contribution in [1.82, 2.24) is 4.57 Å². The second-order valence-corrected chi connectivity index (χ2v) is 6.93. The normalized spacial score (nSPS) is 10.6. The van der Waals surface area contributed by atoms with Gasteiger partial charge in [0.1, 0.15) is 0 Å². The number of rotatable bonds is 5. The second-order valence-electron chi connectivity index (χ2n) is 6.08. The van der Waals surface area contributed by atoms with Crippen LogP contribution in [0.2, 0.25) is 10.0 Å². The molecule has 138 valence electrons. The number of amides is 1. The fraction of sp³-hybridized carbons (Fsp3) is 0.143. The average Bonchev–Trinajstić information content (AvgIpc) is 2.66. The van der Waals surface area contributed by atoms with E-state index in [0.717, 1.165) is 23.2 Å². The quantitative estimate of drug-likeness (QED) is 0.653. The summed E-state index contributed by atoms with van der Waals surface area (Å²) in [4.78, 5) is 24.8. The summed E-state index contributed by atoms with van der Waals surface area (Å²) < 4.78 is 1.45. The van der Waals surface area contributed by atoms with Crippen LogP contribution in [0, 0.1) is 0 Å². The van der Waals surface area contributed by atoms with Gasteiger partial charge in [-0.05, 0) is 41.8 Å². The van der Waals surface area contributed by atoms with E-state index >= 15 is 0 Å². The first-order valence-corrected chi connectivity index (χ1v) is 9.27. The van der Waals surface area contributed by atoms with Gasteiger partial charge in [0.05, 0.1) is 12.1 Å². The molecule has 0 aliphatic carbocycles. The Balaban J connectivity index is 1.86. The Kier molecular flexibility index (Phi) is 5.99. The summed E-state index contributed by atoms with van der Waals surface area (Å²) in [5, 5.41) is 3.91. The highest BCUT2D eigenvalue weighted by Crippen LogP contribution is 2.21. The number of benzene rings is 2. The Labute approximate surface area is 167 Å². The lowest BCUT2D eigenvalue weighted by Gasteiger charge is -2.12. The van der Waals surface area contributed by atoms with Crippen molar-refractivity contribution in [1.29, 1.82) is 0 Å². The van der Waals surface area contributed by atoms with Gasteiger partial charge < -0.3 is 9.88 Å². The molecule has 1 heterocycles. The molecule has 0 aliphatic rings. The molecule has 0 radical (unpaired) electrons.